The van der Waals surface area contributed by atoms with Crippen molar-refractivity contribution >= 4 is 5.91 Å². The second-order valence-corrected chi connectivity index (χ2v) is 6.75. The normalized spacial score (nSPS) is 20.2. The Labute approximate surface area is 148 Å². The van der Waals surface area contributed by atoms with E-state index in [0.29, 0.717) is 18.9 Å². The molecule has 4 heteroatoms. The second kappa shape index (κ2) is 8.17. The van der Waals surface area contributed by atoms with Gasteiger partial charge in [-0.25, -0.2) is 0 Å². The summed E-state index contributed by atoms with van der Waals surface area (Å²) in [6.45, 7) is 3.47. The van der Waals surface area contributed by atoms with Crippen LogP contribution < -0.4 is 5.32 Å². The fourth-order valence-electron chi connectivity index (χ4n) is 3.28. The van der Waals surface area contributed by atoms with E-state index in [9.17, 15) is 9.90 Å². The Balaban J connectivity index is 1.57. The maximum Gasteiger partial charge on any atom is 0.224 e. The van der Waals surface area contributed by atoms with E-state index in [-0.39, 0.29) is 17.8 Å². The largest absolute Gasteiger partial charge is 0.508 e. The van der Waals surface area contributed by atoms with Gasteiger partial charge in [-0.3, -0.25) is 4.79 Å². The molecule has 3 rings (SSSR count). The van der Waals surface area contributed by atoms with Gasteiger partial charge in [0.1, 0.15) is 5.75 Å². The highest BCUT2D eigenvalue weighted by Gasteiger charge is 2.27. The summed E-state index contributed by atoms with van der Waals surface area (Å²) in [5.74, 6) is 0.503. The minimum atomic E-state index is -0.00100. The van der Waals surface area contributed by atoms with Crippen LogP contribution in [0, 0.1) is 12.8 Å². The third-order valence-electron chi connectivity index (χ3n) is 4.71. The predicted octanol–water partition coefficient (Wildman–Crippen LogP) is 3.53. The van der Waals surface area contributed by atoms with E-state index >= 15 is 0 Å². The van der Waals surface area contributed by atoms with Gasteiger partial charge in [-0.15, -0.1) is 0 Å². The maximum atomic E-state index is 12.2. The highest BCUT2D eigenvalue weighted by molar-refractivity contribution is 5.78. The van der Waals surface area contributed by atoms with E-state index in [1.807, 2.05) is 0 Å². The minimum absolute atomic E-state index is 0.00100. The summed E-state index contributed by atoms with van der Waals surface area (Å²) in [7, 11) is 0. The van der Waals surface area contributed by atoms with Gasteiger partial charge in [0.2, 0.25) is 5.91 Å². The van der Waals surface area contributed by atoms with Crippen molar-refractivity contribution < 1.29 is 14.6 Å². The van der Waals surface area contributed by atoms with Crippen molar-refractivity contribution in [1.82, 2.24) is 5.32 Å². The van der Waals surface area contributed by atoms with Gasteiger partial charge >= 0.3 is 0 Å². The smallest absolute Gasteiger partial charge is 0.224 e. The van der Waals surface area contributed by atoms with E-state index in [4.69, 9.17) is 4.74 Å². The molecule has 0 spiro atoms. The Morgan fingerprint density at radius 3 is 2.60 bits per heavy atom. The van der Waals surface area contributed by atoms with Gasteiger partial charge in [0, 0.05) is 19.1 Å². The van der Waals surface area contributed by atoms with Crippen LogP contribution in [0.3, 0.4) is 0 Å². The molecular weight excluding hydrogens is 314 g/mol. The predicted molar refractivity (Wildman–Crippen MR) is 97.4 cm³/mol. The van der Waals surface area contributed by atoms with Crippen LogP contribution in [-0.2, 0) is 16.0 Å². The zero-order chi connectivity index (χ0) is 17.6. The molecule has 1 aliphatic heterocycles. The molecule has 2 atom stereocenters. The Hall–Kier alpha value is -2.33. The molecule has 0 bridgehead atoms. The molecule has 0 radical (unpaired) electrons. The molecule has 2 N–H and O–H groups in total. The number of nitrogens with one attached hydrogen (secondary N) is 1. The fraction of sp³-hybridized carbons (Fsp3) is 0.381. The maximum absolute atomic E-state index is 12.2. The molecule has 0 aliphatic carbocycles. The lowest BCUT2D eigenvalue weighted by Gasteiger charge is -2.32. The Bertz CT molecular complexity index is 694. The summed E-state index contributed by atoms with van der Waals surface area (Å²) in [5.41, 5.74) is 3.31. The van der Waals surface area contributed by atoms with E-state index in [2.05, 4.69) is 36.5 Å². The number of benzene rings is 2. The average Bonchev–Trinajstić information content (AvgIpc) is 2.63. The van der Waals surface area contributed by atoms with Gasteiger partial charge in [-0.1, -0.05) is 42.0 Å². The lowest BCUT2D eigenvalue weighted by atomic mass is 9.89. The molecule has 1 fully saturated rings. The van der Waals surface area contributed by atoms with Crippen LogP contribution in [-0.4, -0.2) is 24.2 Å². The summed E-state index contributed by atoms with van der Waals surface area (Å²) in [5, 5.41) is 12.3. The second-order valence-electron chi connectivity index (χ2n) is 6.75. The SMILES string of the molecule is Cc1ccc([C@H]2OCCC[C@H]2CNC(=O)Cc2ccc(O)cc2)cc1. The molecule has 1 aliphatic rings. The molecule has 0 saturated carbocycles. The monoisotopic (exact) mass is 339 g/mol. The third kappa shape index (κ3) is 4.83. The average molecular weight is 339 g/mol. The van der Waals surface area contributed by atoms with Crippen LogP contribution in [0.4, 0.5) is 0 Å². The van der Waals surface area contributed by atoms with Crippen molar-refractivity contribution in [2.75, 3.05) is 13.2 Å². The fourth-order valence-corrected chi connectivity index (χ4v) is 3.28. The quantitative estimate of drug-likeness (QED) is 0.876. The van der Waals surface area contributed by atoms with Crippen molar-refractivity contribution in [1.29, 1.82) is 0 Å². The van der Waals surface area contributed by atoms with Crippen molar-refractivity contribution in [2.24, 2.45) is 5.92 Å². The van der Waals surface area contributed by atoms with Crippen LogP contribution in [0.5, 0.6) is 5.75 Å². The van der Waals surface area contributed by atoms with E-state index in [1.54, 1.807) is 24.3 Å². The number of phenolic OH excluding ortho intramolecular Hbond substituents is 1. The topological polar surface area (TPSA) is 58.6 Å². The number of phenols is 1. The third-order valence-corrected chi connectivity index (χ3v) is 4.71. The molecule has 2 aromatic rings. The number of amides is 1. The molecule has 4 nitrogen and oxygen atoms in total. The summed E-state index contributed by atoms with van der Waals surface area (Å²) < 4.78 is 6.00. The molecule has 1 amide bonds. The van der Waals surface area contributed by atoms with Gasteiger partial charge in [-0.2, -0.15) is 0 Å². The number of aromatic hydroxyl groups is 1. The van der Waals surface area contributed by atoms with Gasteiger partial charge in [0.05, 0.1) is 12.5 Å². The van der Waals surface area contributed by atoms with Crippen molar-refractivity contribution in [3.63, 3.8) is 0 Å². The number of rotatable bonds is 5. The van der Waals surface area contributed by atoms with Crippen LogP contribution in [0.2, 0.25) is 0 Å². The molecular formula is C21H25NO3. The van der Waals surface area contributed by atoms with E-state index < -0.39 is 0 Å². The molecule has 0 aromatic heterocycles. The lowest BCUT2D eigenvalue weighted by molar-refractivity contribution is -0.121. The molecule has 25 heavy (non-hydrogen) atoms. The zero-order valence-corrected chi connectivity index (χ0v) is 14.6. The van der Waals surface area contributed by atoms with E-state index in [0.717, 1.165) is 25.0 Å². The first-order valence-electron chi connectivity index (χ1n) is 8.84. The first kappa shape index (κ1) is 17.5. The van der Waals surface area contributed by atoms with E-state index in [1.165, 1.54) is 11.1 Å². The zero-order valence-electron chi connectivity index (χ0n) is 14.6. The van der Waals surface area contributed by atoms with Gasteiger partial charge in [0.15, 0.2) is 0 Å². The first-order chi connectivity index (χ1) is 12.1. The Morgan fingerprint density at radius 1 is 1.16 bits per heavy atom. The van der Waals surface area contributed by atoms with Crippen LogP contribution >= 0.6 is 0 Å². The summed E-state index contributed by atoms with van der Waals surface area (Å²) in [6, 6.07) is 15.2. The van der Waals surface area contributed by atoms with Gasteiger partial charge < -0.3 is 15.2 Å². The van der Waals surface area contributed by atoms with Crippen molar-refractivity contribution in [3.05, 3.63) is 65.2 Å². The molecule has 0 unspecified atom stereocenters. The number of ether oxygens (including phenoxy) is 1. The standard InChI is InChI=1S/C21H25NO3/c1-15-4-8-17(9-5-15)21-18(3-2-12-25-21)14-22-20(24)13-16-6-10-19(23)11-7-16/h4-11,18,21,23H,2-3,12-14H2,1H3,(H,22,24)/t18-,21+/m0/s1. The summed E-state index contributed by atoms with van der Waals surface area (Å²) in [4.78, 5) is 12.2. The van der Waals surface area contributed by atoms with Crippen molar-refractivity contribution in [2.45, 2.75) is 32.3 Å². The van der Waals surface area contributed by atoms with Crippen LogP contribution in [0.15, 0.2) is 48.5 Å². The van der Waals surface area contributed by atoms with Crippen LogP contribution in [0.25, 0.3) is 0 Å². The highest BCUT2D eigenvalue weighted by atomic mass is 16.5. The molecule has 1 saturated heterocycles. The minimum Gasteiger partial charge on any atom is -0.508 e. The number of carbonyl (C=O) groups is 1. The van der Waals surface area contributed by atoms with Gasteiger partial charge in [-0.05, 0) is 43.0 Å². The number of carbonyl (C=O) groups excluding carboxylic acids is 1. The lowest BCUT2D eigenvalue weighted by Crippen LogP contribution is -2.35. The summed E-state index contributed by atoms with van der Waals surface area (Å²) >= 11 is 0. The summed E-state index contributed by atoms with van der Waals surface area (Å²) in [6.07, 6.45) is 2.45. The van der Waals surface area contributed by atoms with Gasteiger partial charge in [0.25, 0.3) is 0 Å². The number of hydrogen-bond acceptors (Lipinski definition) is 3. The first-order valence-corrected chi connectivity index (χ1v) is 8.84. The molecule has 1 heterocycles. The highest BCUT2D eigenvalue weighted by Crippen LogP contribution is 2.33. The van der Waals surface area contributed by atoms with Crippen LogP contribution in [0.1, 0.15) is 35.6 Å². The molecule has 2 aromatic carbocycles. The number of hydrogen-bond donors (Lipinski definition) is 2. The molecule has 132 valence electrons. The van der Waals surface area contributed by atoms with Crippen molar-refractivity contribution in [3.8, 4) is 5.75 Å². The Kier molecular flexibility index (Phi) is 5.71. The Morgan fingerprint density at radius 2 is 1.88 bits per heavy atom. The number of aryl methyl sites for hydroxylation is 1.